The number of aromatic nitrogens is 1. The number of H-pyrrole nitrogens is 1. The summed E-state index contributed by atoms with van der Waals surface area (Å²) in [4.78, 5) is 12.8. The van der Waals surface area contributed by atoms with Gasteiger partial charge in [-0.15, -0.1) is 0 Å². The van der Waals surface area contributed by atoms with Gasteiger partial charge in [-0.3, -0.25) is 4.79 Å². The zero-order valence-electron chi connectivity index (χ0n) is 13.2. The molecule has 1 heterocycles. The monoisotopic (exact) mass is 347 g/mol. The van der Waals surface area contributed by atoms with Crippen molar-refractivity contribution in [3.8, 4) is 11.3 Å². The Morgan fingerprint density at radius 3 is 2.20 bits per heavy atom. The van der Waals surface area contributed by atoms with Gasteiger partial charge in [0, 0.05) is 17.1 Å². The van der Waals surface area contributed by atoms with Gasteiger partial charge in [-0.25, -0.2) is 13.2 Å². The topological polar surface area (TPSA) is 53.1 Å². The Hall–Kier alpha value is -2.76. The van der Waals surface area contributed by atoms with Gasteiger partial charge in [-0.1, -0.05) is 6.42 Å². The fraction of sp³-hybridized carbons (Fsp3) is 0.211. The zero-order chi connectivity index (χ0) is 18.0. The van der Waals surface area contributed by atoms with E-state index in [1.54, 1.807) is 18.2 Å². The number of hydrogen-bond acceptors (Lipinski definition) is 1. The molecule has 0 amide bonds. The Morgan fingerprint density at radius 1 is 1.00 bits per heavy atom. The Bertz CT molecular complexity index is 899. The summed E-state index contributed by atoms with van der Waals surface area (Å²) in [5.41, 5.74) is 1.58. The number of hydrogen-bond donors (Lipinski definition) is 2. The van der Waals surface area contributed by atoms with Crippen LogP contribution in [0.25, 0.3) is 22.2 Å². The fourth-order valence-corrected chi connectivity index (χ4v) is 2.61. The lowest BCUT2D eigenvalue weighted by atomic mass is 9.86. The highest BCUT2D eigenvalue weighted by molar-refractivity contribution is 5.86. The molecule has 3 aromatic rings. The summed E-state index contributed by atoms with van der Waals surface area (Å²) < 4.78 is 39.4. The molecular weight excluding hydrogens is 331 g/mol. The van der Waals surface area contributed by atoms with Crippen LogP contribution < -0.4 is 0 Å². The van der Waals surface area contributed by atoms with Crippen LogP contribution >= 0.6 is 0 Å². The van der Waals surface area contributed by atoms with Crippen LogP contribution in [-0.4, -0.2) is 16.1 Å². The van der Waals surface area contributed by atoms with E-state index in [9.17, 15) is 18.0 Å². The lowest BCUT2D eigenvalue weighted by Gasteiger charge is -2.19. The minimum Gasteiger partial charge on any atom is -0.481 e. The number of rotatable bonds is 2. The number of nitrogens with one attached hydrogen (secondary N) is 1. The van der Waals surface area contributed by atoms with E-state index in [1.807, 2.05) is 0 Å². The number of carbonyl (C=O) groups is 1. The second-order valence-corrected chi connectivity index (χ2v) is 6.01. The molecule has 0 aliphatic heterocycles. The molecule has 2 N–H and O–H groups in total. The zero-order valence-corrected chi connectivity index (χ0v) is 13.2. The summed E-state index contributed by atoms with van der Waals surface area (Å²) in [6, 6.07) is 9.50. The molecule has 25 heavy (non-hydrogen) atoms. The molecule has 1 aliphatic rings. The van der Waals surface area contributed by atoms with E-state index >= 15 is 0 Å². The SMILES string of the molecule is Fc1ccc(-c2cc3cc(F)cc(F)c3[nH]2)cc1.O=C(O)C1CCC1. The molecule has 0 spiro atoms. The van der Waals surface area contributed by atoms with Crippen molar-refractivity contribution in [1.29, 1.82) is 0 Å². The summed E-state index contributed by atoms with van der Waals surface area (Å²) in [5.74, 6) is -2.22. The molecule has 0 bridgehead atoms. The third kappa shape index (κ3) is 3.84. The van der Waals surface area contributed by atoms with Crippen molar-refractivity contribution >= 4 is 16.9 Å². The maximum absolute atomic E-state index is 13.5. The van der Waals surface area contributed by atoms with Gasteiger partial charge in [0.05, 0.1) is 11.4 Å². The van der Waals surface area contributed by atoms with Crippen LogP contribution in [-0.2, 0) is 4.79 Å². The van der Waals surface area contributed by atoms with E-state index < -0.39 is 17.6 Å². The maximum atomic E-state index is 13.5. The van der Waals surface area contributed by atoms with Crippen LogP contribution in [0, 0.1) is 23.4 Å². The van der Waals surface area contributed by atoms with E-state index in [4.69, 9.17) is 5.11 Å². The average Bonchev–Trinajstić information content (AvgIpc) is 2.90. The van der Waals surface area contributed by atoms with Crippen molar-refractivity contribution in [3.63, 3.8) is 0 Å². The smallest absolute Gasteiger partial charge is 0.306 e. The number of aromatic amines is 1. The van der Waals surface area contributed by atoms with Gasteiger partial charge in [0.2, 0.25) is 0 Å². The molecule has 0 radical (unpaired) electrons. The van der Waals surface area contributed by atoms with Crippen LogP contribution in [0.3, 0.4) is 0 Å². The summed E-state index contributed by atoms with van der Waals surface area (Å²) in [7, 11) is 0. The first-order valence-electron chi connectivity index (χ1n) is 7.90. The van der Waals surface area contributed by atoms with Gasteiger partial charge in [0.1, 0.15) is 17.5 Å². The molecule has 0 atom stereocenters. The van der Waals surface area contributed by atoms with Crippen molar-refractivity contribution < 1.29 is 23.1 Å². The quantitative estimate of drug-likeness (QED) is 0.676. The minimum atomic E-state index is -0.640. The number of benzene rings is 2. The van der Waals surface area contributed by atoms with Crippen LogP contribution in [0.1, 0.15) is 19.3 Å². The summed E-state index contributed by atoms with van der Waals surface area (Å²) in [5, 5.41) is 8.68. The van der Waals surface area contributed by atoms with Crippen molar-refractivity contribution in [1.82, 2.24) is 4.98 Å². The first kappa shape index (κ1) is 17.1. The standard InChI is InChI=1S/C14H8F3N.C5H8O2/c15-10-3-1-8(2-4-10)13-6-9-5-11(16)7-12(17)14(9)18-13;6-5(7)4-2-1-3-4/h1-7,18H;4H,1-3H2,(H,6,7). The average molecular weight is 347 g/mol. The van der Waals surface area contributed by atoms with Gasteiger partial charge in [0.25, 0.3) is 0 Å². The lowest BCUT2D eigenvalue weighted by molar-refractivity contribution is -0.144. The third-order valence-corrected chi connectivity index (χ3v) is 4.25. The first-order valence-corrected chi connectivity index (χ1v) is 7.90. The molecule has 1 aromatic heterocycles. The third-order valence-electron chi connectivity index (χ3n) is 4.25. The number of halogens is 3. The molecule has 6 heteroatoms. The normalized spacial score (nSPS) is 13.9. The maximum Gasteiger partial charge on any atom is 0.306 e. The largest absolute Gasteiger partial charge is 0.481 e. The second kappa shape index (κ2) is 7.01. The Kier molecular flexibility index (Phi) is 4.79. The van der Waals surface area contributed by atoms with Crippen LogP contribution in [0.4, 0.5) is 13.2 Å². The Morgan fingerprint density at radius 2 is 1.68 bits per heavy atom. The summed E-state index contributed by atoms with van der Waals surface area (Å²) >= 11 is 0. The van der Waals surface area contributed by atoms with Gasteiger partial charge in [-0.05, 0) is 54.8 Å². The van der Waals surface area contributed by atoms with E-state index in [-0.39, 0.29) is 17.3 Å². The van der Waals surface area contributed by atoms with Gasteiger partial charge in [0.15, 0.2) is 0 Å². The highest BCUT2D eigenvalue weighted by Crippen LogP contribution is 2.27. The molecule has 2 aromatic carbocycles. The predicted molar refractivity (Wildman–Crippen MR) is 88.6 cm³/mol. The highest BCUT2D eigenvalue weighted by atomic mass is 19.1. The van der Waals surface area contributed by atoms with Crippen LogP contribution in [0.2, 0.25) is 0 Å². The number of carboxylic acids is 1. The van der Waals surface area contributed by atoms with Crippen LogP contribution in [0.5, 0.6) is 0 Å². The number of aliphatic carboxylic acids is 1. The van der Waals surface area contributed by atoms with Gasteiger partial charge >= 0.3 is 5.97 Å². The number of fused-ring (bicyclic) bond motifs is 1. The minimum absolute atomic E-state index is 0.000000000000000444. The summed E-state index contributed by atoms with van der Waals surface area (Å²) in [6.07, 6.45) is 2.90. The summed E-state index contributed by atoms with van der Waals surface area (Å²) in [6.45, 7) is 0. The van der Waals surface area contributed by atoms with Crippen molar-refractivity contribution in [2.75, 3.05) is 0 Å². The second-order valence-electron chi connectivity index (χ2n) is 6.01. The van der Waals surface area contributed by atoms with E-state index in [0.717, 1.165) is 25.3 Å². The molecule has 1 fully saturated rings. The molecular formula is C19H16F3NO2. The lowest BCUT2D eigenvalue weighted by Crippen LogP contribution is -2.20. The molecule has 1 saturated carbocycles. The molecule has 4 rings (SSSR count). The molecule has 0 unspecified atom stereocenters. The fourth-order valence-electron chi connectivity index (χ4n) is 2.61. The van der Waals surface area contributed by atoms with Gasteiger partial charge in [-0.2, -0.15) is 0 Å². The van der Waals surface area contributed by atoms with E-state index in [1.165, 1.54) is 18.2 Å². The van der Waals surface area contributed by atoms with Gasteiger partial charge < -0.3 is 10.1 Å². The Balaban J connectivity index is 0.000000219. The van der Waals surface area contributed by atoms with Crippen molar-refractivity contribution in [2.24, 2.45) is 5.92 Å². The van der Waals surface area contributed by atoms with E-state index in [2.05, 4.69) is 4.98 Å². The highest BCUT2D eigenvalue weighted by Gasteiger charge is 2.23. The molecule has 3 nitrogen and oxygen atoms in total. The van der Waals surface area contributed by atoms with Crippen LogP contribution in [0.15, 0.2) is 42.5 Å². The first-order chi connectivity index (χ1) is 11.9. The van der Waals surface area contributed by atoms with Crippen molar-refractivity contribution in [2.45, 2.75) is 19.3 Å². The molecule has 0 saturated heterocycles. The molecule has 130 valence electrons. The van der Waals surface area contributed by atoms with E-state index in [0.29, 0.717) is 16.6 Å². The predicted octanol–water partition coefficient (Wildman–Crippen LogP) is 5.12. The van der Waals surface area contributed by atoms with Crippen molar-refractivity contribution in [3.05, 3.63) is 59.9 Å². The number of carboxylic acid groups (broad SMARTS) is 1. The Labute approximate surface area is 142 Å². The molecule has 1 aliphatic carbocycles.